The van der Waals surface area contributed by atoms with Gasteiger partial charge in [-0.1, -0.05) is 6.07 Å². The van der Waals surface area contributed by atoms with Crippen LogP contribution in [0.2, 0.25) is 0 Å². The van der Waals surface area contributed by atoms with Crippen molar-refractivity contribution in [1.82, 2.24) is 0 Å². The van der Waals surface area contributed by atoms with Gasteiger partial charge in [-0.3, -0.25) is 0 Å². The predicted molar refractivity (Wildman–Crippen MR) is 58.0 cm³/mol. The molecule has 0 fully saturated rings. The number of alkyl halides is 1. The van der Waals surface area contributed by atoms with E-state index in [0.717, 1.165) is 10.0 Å². The van der Waals surface area contributed by atoms with Crippen molar-refractivity contribution in [1.29, 1.82) is 0 Å². The highest BCUT2D eigenvalue weighted by molar-refractivity contribution is 9.10. The molecule has 1 aromatic rings. The number of benzene rings is 1. The van der Waals surface area contributed by atoms with Gasteiger partial charge in [-0.05, 0) is 33.6 Å². The molecular weight excluding hydrogens is 237 g/mol. The molecule has 1 aromatic carbocycles. The summed E-state index contributed by atoms with van der Waals surface area (Å²) in [4.78, 5) is 2.06. The van der Waals surface area contributed by atoms with Crippen molar-refractivity contribution >= 4 is 33.2 Å². The van der Waals surface area contributed by atoms with Crippen LogP contribution in [0, 0.1) is 0 Å². The maximum absolute atomic E-state index is 5.70. The molecule has 0 aromatic heterocycles. The Hall–Kier alpha value is -0.210. The molecule has 1 nitrogen and oxygen atoms in total. The average molecular weight is 249 g/mol. The van der Waals surface area contributed by atoms with Crippen LogP contribution in [0.1, 0.15) is 5.56 Å². The van der Waals surface area contributed by atoms with Crippen LogP contribution >= 0.6 is 27.5 Å². The smallest absolute Gasteiger partial charge is 0.0505 e. The largest absolute Gasteiger partial charge is 0.377 e. The van der Waals surface area contributed by atoms with E-state index in [1.54, 1.807) is 0 Å². The molecule has 0 saturated heterocycles. The van der Waals surface area contributed by atoms with E-state index in [2.05, 4.69) is 26.9 Å². The number of nitrogens with zero attached hydrogens (tertiary/aromatic N) is 1. The highest BCUT2D eigenvalue weighted by Crippen LogP contribution is 2.26. The topological polar surface area (TPSA) is 3.24 Å². The number of anilines is 1. The highest BCUT2D eigenvalue weighted by atomic mass is 79.9. The van der Waals surface area contributed by atoms with Gasteiger partial charge in [0.15, 0.2) is 0 Å². The van der Waals surface area contributed by atoms with Gasteiger partial charge in [0.25, 0.3) is 0 Å². The van der Waals surface area contributed by atoms with Gasteiger partial charge in [0.2, 0.25) is 0 Å². The van der Waals surface area contributed by atoms with Crippen molar-refractivity contribution in [2.45, 2.75) is 5.88 Å². The second-order valence-corrected chi connectivity index (χ2v) is 3.94. The molecule has 0 aliphatic carbocycles. The first-order chi connectivity index (χ1) is 5.65. The summed E-state index contributed by atoms with van der Waals surface area (Å²) in [5, 5.41) is 0. The molecule has 3 heteroatoms. The van der Waals surface area contributed by atoms with Gasteiger partial charge in [-0.2, -0.15) is 0 Å². The summed E-state index contributed by atoms with van der Waals surface area (Å²) in [6, 6.07) is 6.14. The lowest BCUT2D eigenvalue weighted by molar-refractivity contribution is 1.12. The minimum absolute atomic E-state index is 0.562. The Morgan fingerprint density at radius 1 is 1.42 bits per heavy atom. The number of hydrogen-bond donors (Lipinski definition) is 0. The van der Waals surface area contributed by atoms with Crippen LogP contribution in [0.4, 0.5) is 5.69 Å². The Morgan fingerprint density at radius 3 is 2.50 bits per heavy atom. The van der Waals surface area contributed by atoms with E-state index >= 15 is 0 Å². The summed E-state index contributed by atoms with van der Waals surface area (Å²) in [5.41, 5.74) is 2.30. The zero-order chi connectivity index (χ0) is 9.14. The van der Waals surface area contributed by atoms with Crippen LogP contribution in [0.3, 0.4) is 0 Å². The third kappa shape index (κ3) is 2.14. The van der Waals surface area contributed by atoms with Gasteiger partial charge in [0.05, 0.1) is 5.69 Å². The van der Waals surface area contributed by atoms with E-state index in [4.69, 9.17) is 11.6 Å². The zero-order valence-corrected chi connectivity index (χ0v) is 9.48. The molecule has 0 radical (unpaired) electrons. The molecule has 0 unspecified atom stereocenters. The molecule has 0 atom stereocenters. The summed E-state index contributed by atoms with van der Waals surface area (Å²) >= 11 is 9.18. The van der Waals surface area contributed by atoms with Gasteiger partial charge in [0, 0.05) is 24.4 Å². The minimum Gasteiger partial charge on any atom is -0.377 e. The maximum Gasteiger partial charge on any atom is 0.0505 e. The number of halogens is 2. The van der Waals surface area contributed by atoms with Crippen molar-refractivity contribution in [3.05, 3.63) is 28.2 Å². The lowest BCUT2D eigenvalue weighted by Gasteiger charge is -2.14. The fourth-order valence-corrected chi connectivity index (χ4v) is 1.94. The van der Waals surface area contributed by atoms with Gasteiger partial charge in [0.1, 0.15) is 0 Å². The van der Waals surface area contributed by atoms with Crippen LogP contribution in [-0.2, 0) is 5.88 Å². The van der Waals surface area contributed by atoms with E-state index < -0.39 is 0 Å². The molecule has 0 bridgehead atoms. The third-order valence-corrected chi connectivity index (χ3v) is 2.59. The van der Waals surface area contributed by atoms with E-state index in [0.29, 0.717) is 5.88 Å². The summed E-state index contributed by atoms with van der Waals surface area (Å²) in [5.74, 6) is 0.562. The second kappa shape index (κ2) is 4.15. The predicted octanol–water partition coefficient (Wildman–Crippen LogP) is 3.25. The highest BCUT2D eigenvalue weighted by Gasteiger charge is 2.01. The molecule has 66 valence electrons. The molecule has 0 aliphatic rings. The van der Waals surface area contributed by atoms with Crippen LogP contribution < -0.4 is 4.90 Å². The van der Waals surface area contributed by atoms with Gasteiger partial charge in [-0.15, -0.1) is 11.6 Å². The SMILES string of the molecule is CN(C)c1ccc(CCl)cc1Br. The molecular formula is C9H11BrClN. The fourth-order valence-electron chi connectivity index (χ4n) is 0.996. The normalized spacial score (nSPS) is 10.0. The Balaban J connectivity index is 3.03. The molecule has 1 rings (SSSR count). The number of rotatable bonds is 2. The monoisotopic (exact) mass is 247 g/mol. The van der Waals surface area contributed by atoms with Crippen LogP contribution in [0.25, 0.3) is 0 Å². The first kappa shape index (κ1) is 9.87. The zero-order valence-electron chi connectivity index (χ0n) is 7.14. The molecule has 12 heavy (non-hydrogen) atoms. The van der Waals surface area contributed by atoms with Crippen LogP contribution in [0.5, 0.6) is 0 Å². The van der Waals surface area contributed by atoms with E-state index in [1.165, 1.54) is 5.69 Å². The number of hydrogen-bond acceptors (Lipinski definition) is 1. The van der Waals surface area contributed by atoms with Crippen molar-refractivity contribution < 1.29 is 0 Å². The molecule has 0 N–H and O–H groups in total. The third-order valence-electron chi connectivity index (χ3n) is 1.65. The summed E-state index contributed by atoms with van der Waals surface area (Å²) in [7, 11) is 4.03. The maximum atomic E-state index is 5.70. The molecule has 0 amide bonds. The standard InChI is InChI=1S/C9H11BrClN/c1-12(2)9-4-3-7(6-11)5-8(9)10/h3-5H,6H2,1-2H3. The summed E-state index contributed by atoms with van der Waals surface area (Å²) in [6.45, 7) is 0. The van der Waals surface area contributed by atoms with Gasteiger partial charge < -0.3 is 4.90 Å². The summed E-state index contributed by atoms with van der Waals surface area (Å²) in [6.07, 6.45) is 0. The Morgan fingerprint density at radius 2 is 2.08 bits per heavy atom. The Labute approximate surface area is 86.5 Å². The first-order valence-electron chi connectivity index (χ1n) is 3.67. The summed E-state index contributed by atoms with van der Waals surface area (Å²) < 4.78 is 1.09. The molecule has 0 heterocycles. The lowest BCUT2D eigenvalue weighted by atomic mass is 10.2. The van der Waals surface area contributed by atoms with Crippen molar-refractivity contribution in [3.8, 4) is 0 Å². The van der Waals surface area contributed by atoms with E-state index in [1.807, 2.05) is 26.2 Å². The van der Waals surface area contributed by atoms with E-state index in [-0.39, 0.29) is 0 Å². The molecule has 0 saturated carbocycles. The quantitative estimate of drug-likeness (QED) is 0.726. The van der Waals surface area contributed by atoms with Crippen LogP contribution in [0.15, 0.2) is 22.7 Å². The first-order valence-corrected chi connectivity index (χ1v) is 4.99. The lowest BCUT2D eigenvalue weighted by Crippen LogP contribution is -2.09. The van der Waals surface area contributed by atoms with Crippen molar-refractivity contribution in [2.24, 2.45) is 0 Å². The fraction of sp³-hybridized carbons (Fsp3) is 0.333. The van der Waals surface area contributed by atoms with Crippen molar-refractivity contribution in [2.75, 3.05) is 19.0 Å². The Kier molecular flexibility index (Phi) is 3.41. The molecule has 0 aliphatic heterocycles. The van der Waals surface area contributed by atoms with Gasteiger partial charge in [-0.25, -0.2) is 0 Å². The van der Waals surface area contributed by atoms with E-state index in [9.17, 15) is 0 Å². The minimum atomic E-state index is 0.562. The average Bonchev–Trinajstić information content (AvgIpc) is 2.03. The van der Waals surface area contributed by atoms with Crippen molar-refractivity contribution in [3.63, 3.8) is 0 Å². The van der Waals surface area contributed by atoms with Gasteiger partial charge >= 0.3 is 0 Å². The molecule has 0 spiro atoms. The van der Waals surface area contributed by atoms with Crippen LogP contribution in [-0.4, -0.2) is 14.1 Å². The Bertz CT molecular complexity index is 273. The second-order valence-electron chi connectivity index (χ2n) is 2.81.